The maximum absolute atomic E-state index is 11.3. The van der Waals surface area contributed by atoms with Gasteiger partial charge in [-0.05, 0) is 5.56 Å². The van der Waals surface area contributed by atoms with Crippen LogP contribution in [0.25, 0.3) is 0 Å². The van der Waals surface area contributed by atoms with Gasteiger partial charge in [-0.3, -0.25) is 4.79 Å². The highest BCUT2D eigenvalue weighted by atomic mass is 16.4. The van der Waals surface area contributed by atoms with E-state index in [0.717, 1.165) is 5.56 Å². The van der Waals surface area contributed by atoms with E-state index in [1.807, 2.05) is 30.3 Å². The summed E-state index contributed by atoms with van der Waals surface area (Å²) in [4.78, 5) is 23.6. The monoisotopic (exact) mass is 281 g/mol. The van der Waals surface area contributed by atoms with Gasteiger partial charge in [0, 0.05) is 19.6 Å². The van der Waals surface area contributed by atoms with Crippen LogP contribution in [-0.4, -0.2) is 52.9 Å². The van der Waals surface area contributed by atoms with Gasteiger partial charge < -0.3 is 26.2 Å². The SMILES string of the molecule is N[C@@H](CO)C(=O)NCCN(Cc1ccccc1)C(=O)O. The quantitative estimate of drug-likeness (QED) is 0.543. The summed E-state index contributed by atoms with van der Waals surface area (Å²) >= 11 is 0. The Hall–Kier alpha value is -2.12. The highest BCUT2D eigenvalue weighted by molar-refractivity contribution is 5.81. The molecule has 0 saturated heterocycles. The molecule has 0 radical (unpaired) electrons. The minimum atomic E-state index is -1.06. The first-order chi connectivity index (χ1) is 9.54. The van der Waals surface area contributed by atoms with Crippen LogP contribution in [0, 0.1) is 0 Å². The topological polar surface area (TPSA) is 116 Å². The minimum Gasteiger partial charge on any atom is -0.465 e. The molecule has 1 atom stereocenters. The first-order valence-electron chi connectivity index (χ1n) is 6.20. The van der Waals surface area contributed by atoms with E-state index in [1.54, 1.807) is 0 Å². The maximum Gasteiger partial charge on any atom is 0.407 e. The highest BCUT2D eigenvalue weighted by Gasteiger charge is 2.14. The molecule has 2 amide bonds. The molecule has 20 heavy (non-hydrogen) atoms. The van der Waals surface area contributed by atoms with Gasteiger partial charge in [-0.2, -0.15) is 0 Å². The minimum absolute atomic E-state index is 0.145. The molecule has 5 N–H and O–H groups in total. The van der Waals surface area contributed by atoms with Gasteiger partial charge in [-0.1, -0.05) is 30.3 Å². The summed E-state index contributed by atoms with van der Waals surface area (Å²) in [5.74, 6) is -0.502. The van der Waals surface area contributed by atoms with Crippen molar-refractivity contribution in [2.24, 2.45) is 5.73 Å². The molecular formula is C13H19N3O4. The lowest BCUT2D eigenvalue weighted by Crippen LogP contribution is -2.45. The van der Waals surface area contributed by atoms with Crippen LogP contribution in [0.1, 0.15) is 5.56 Å². The van der Waals surface area contributed by atoms with Crippen LogP contribution < -0.4 is 11.1 Å². The van der Waals surface area contributed by atoms with Crippen molar-refractivity contribution in [3.63, 3.8) is 0 Å². The molecule has 0 unspecified atom stereocenters. The van der Waals surface area contributed by atoms with Gasteiger partial charge in [0.05, 0.1) is 6.61 Å². The van der Waals surface area contributed by atoms with Gasteiger partial charge in [-0.15, -0.1) is 0 Å². The van der Waals surface area contributed by atoms with Gasteiger partial charge in [0.15, 0.2) is 0 Å². The van der Waals surface area contributed by atoms with E-state index in [9.17, 15) is 9.59 Å². The molecule has 1 rings (SSSR count). The standard InChI is InChI=1S/C13H19N3O4/c14-11(9-17)12(18)15-6-7-16(13(19)20)8-10-4-2-1-3-5-10/h1-5,11,17H,6-9,14H2,(H,15,18)(H,19,20)/t11-/m0/s1. The molecule has 1 aromatic rings. The predicted octanol–water partition coefficient (Wildman–Crippen LogP) is -0.398. The fourth-order valence-electron chi connectivity index (χ4n) is 1.57. The van der Waals surface area contributed by atoms with Crippen molar-refractivity contribution in [1.29, 1.82) is 0 Å². The van der Waals surface area contributed by atoms with E-state index in [4.69, 9.17) is 15.9 Å². The van der Waals surface area contributed by atoms with Crippen LogP contribution in [-0.2, 0) is 11.3 Å². The van der Waals surface area contributed by atoms with Crippen LogP contribution in [0.4, 0.5) is 4.79 Å². The lowest BCUT2D eigenvalue weighted by molar-refractivity contribution is -0.123. The van der Waals surface area contributed by atoms with Crippen molar-refractivity contribution in [2.75, 3.05) is 19.7 Å². The number of nitrogens with two attached hydrogens (primary N) is 1. The Balaban J connectivity index is 2.44. The normalized spacial score (nSPS) is 11.7. The summed E-state index contributed by atoms with van der Waals surface area (Å²) in [6.45, 7) is 0.0936. The lowest BCUT2D eigenvalue weighted by Gasteiger charge is -2.20. The van der Waals surface area contributed by atoms with Crippen molar-refractivity contribution in [3.8, 4) is 0 Å². The van der Waals surface area contributed by atoms with Crippen molar-refractivity contribution >= 4 is 12.0 Å². The molecule has 0 fully saturated rings. The summed E-state index contributed by atoms with van der Waals surface area (Å²) in [6, 6.07) is 8.19. The van der Waals surface area contributed by atoms with E-state index in [1.165, 1.54) is 4.90 Å². The molecule has 0 heterocycles. The number of hydrogen-bond donors (Lipinski definition) is 4. The summed E-state index contributed by atoms with van der Waals surface area (Å²) < 4.78 is 0. The summed E-state index contributed by atoms with van der Waals surface area (Å²) in [7, 11) is 0. The van der Waals surface area contributed by atoms with E-state index in [2.05, 4.69) is 5.32 Å². The fourth-order valence-corrected chi connectivity index (χ4v) is 1.57. The Labute approximate surface area is 117 Å². The average Bonchev–Trinajstić information content (AvgIpc) is 2.46. The number of carbonyl (C=O) groups is 2. The Bertz CT molecular complexity index is 439. The third kappa shape index (κ3) is 5.25. The molecule has 0 aliphatic rings. The molecular weight excluding hydrogens is 262 g/mol. The number of carbonyl (C=O) groups excluding carboxylic acids is 1. The number of nitrogens with zero attached hydrogens (tertiary/aromatic N) is 1. The first-order valence-corrected chi connectivity index (χ1v) is 6.20. The van der Waals surface area contributed by atoms with E-state index in [-0.39, 0.29) is 19.6 Å². The number of carboxylic acid groups (broad SMARTS) is 1. The zero-order valence-electron chi connectivity index (χ0n) is 11.0. The van der Waals surface area contributed by atoms with Gasteiger partial charge in [0.1, 0.15) is 6.04 Å². The van der Waals surface area contributed by atoms with Crippen LogP contribution in [0.2, 0.25) is 0 Å². The smallest absolute Gasteiger partial charge is 0.407 e. The van der Waals surface area contributed by atoms with Crippen molar-refractivity contribution in [3.05, 3.63) is 35.9 Å². The second-order valence-corrected chi connectivity index (χ2v) is 4.27. The molecule has 0 aliphatic heterocycles. The Kier molecular flexibility index (Phi) is 6.48. The molecule has 0 bridgehead atoms. The Morgan fingerprint density at radius 3 is 2.50 bits per heavy atom. The molecule has 0 saturated carbocycles. The van der Waals surface area contributed by atoms with Crippen molar-refractivity contribution < 1.29 is 19.8 Å². The zero-order chi connectivity index (χ0) is 15.0. The number of rotatable bonds is 7. The second kappa shape index (κ2) is 8.13. The van der Waals surface area contributed by atoms with Gasteiger partial charge in [0.25, 0.3) is 0 Å². The predicted molar refractivity (Wildman–Crippen MR) is 72.9 cm³/mol. The summed E-state index contributed by atoms with van der Waals surface area (Å²) in [5.41, 5.74) is 6.19. The largest absolute Gasteiger partial charge is 0.465 e. The fraction of sp³-hybridized carbons (Fsp3) is 0.385. The highest BCUT2D eigenvalue weighted by Crippen LogP contribution is 2.04. The van der Waals surface area contributed by atoms with E-state index < -0.39 is 24.6 Å². The summed E-state index contributed by atoms with van der Waals surface area (Å²) in [5, 5.41) is 20.3. The maximum atomic E-state index is 11.3. The number of aliphatic hydroxyl groups is 1. The molecule has 0 spiro atoms. The molecule has 7 nitrogen and oxygen atoms in total. The van der Waals surface area contributed by atoms with Crippen molar-refractivity contribution in [2.45, 2.75) is 12.6 Å². The number of amides is 2. The molecule has 110 valence electrons. The average molecular weight is 281 g/mol. The first kappa shape index (κ1) is 15.9. The van der Waals surface area contributed by atoms with Gasteiger partial charge in [0.2, 0.25) is 5.91 Å². The van der Waals surface area contributed by atoms with Gasteiger partial charge >= 0.3 is 6.09 Å². The van der Waals surface area contributed by atoms with Gasteiger partial charge in [-0.25, -0.2) is 4.79 Å². The third-order valence-corrected chi connectivity index (χ3v) is 2.70. The second-order valence-electron chi connectivity index (χ2n) is 4.27. The zero-order valence-corrected chi connectivity index (χ0v) is 11.0. The number of benzene rings is 1. The molecule has 7 heteroatoms. The van der Waals surface area contributed by atoms with Crippen molar-refractivity contribution in [1.82, 2.24) is 10.2 Å². The van der Waals surface area contributed by atoms with E-state index >= 15 is 0 Å². The lowest BCUT2D eigenvalue weighted by atomic mass is 10.2. The van der Waals surface area contributed by atoms with Crippen LogP contribution >= 0.6 is 0 Å². The summed E-state index contributed by atoms with van der Waals surface area (Å²) in [6.07, 6.45) is -1.06. The Morgan fingerprint density at radius 1 is 1.30 bits per heavy atom. The molecule has 0 aromatic heterocycles. The molecule has 1 aromatic carbocycles. The Morgan fingerprint density at radius 2 is 1.95 bits per heavy atom. The number of aliphatic hydroxyl groups excluding tert-OH is 1. The van der Waals surface area contributed by atoms with E-state index in [0.29, 0.717) is 0 Å². The van der Waals surface area contributed by atoms with Crippen LogP contribution in [0.15, 0.2) is 30.3 Å². The van der Waals surface area contributed by atoms with Crippen LogP contribution in [0.5, 0.6) is 0 Å². The third-order valence-electron chi connectivity index (χ3n) is 2.70. The number of nitrogens with one attached hydrogen (secondary N) is 1. The molecule has 0 aliphatic carbocycles. The number of hydrogen-bond acceptors (Lipinski definition) is 4. The van der Waals surface area contributed by atoms with Crippen LogP contribution in [0.3, 0.4) is 0 Å².